The molecule has 0 saturated carbocycles. The maximum Gasteiger partial charge on any atom is 0.265 e. The number of amides is 2. The lowest BCUT2D eigenvalue weighted by Gasteiger charge is -2.23. The number of hydrogen-bond acceptors (Lipinski definition) is 4. The van der Waals surface area contributed by atoms with Crippen LogP contribution in [-0.2, 0) is 17.9 Å². The van der Waals surface area contributed by atoms with Crippen molar-refractivity contribution >= 4 is 23.2 Å². The summed E-state index contributed by atoms with van der Waals surface area (Å²) in [5.41, 5.74) is 4.17. The lowest BCUT2D eigenvalue weighted by Crippen LogP contribution is -2.34. The van der Waals surface area contributed by atoms with Gasteiger partial charge in [0.15, 0.2) is 6.10 Å². The molecule has 0 saturated heterocycles. The highest BCUT2D eigenvalue weighted by molar-refractivity contribution is 6.05. The zero-order chi connectivity index (χ0) is 16.7. The Morgan fingerprint density at radius 2 is 2.00 bits per heavy atom. The quantitative estimate of drug-likeness (QED) is 0.792. The minimum Gasteiger partial charge on any atom is -0.479 e. The number of rotatable bonds is 2. The Kier molecular flexibility index (Phi) is 3.46. The number of benzene rings is 2. The zero-order valence-corrected chi connectivity index (χ0v) is 13.2. The zero-order valence-electron chi connectivity index (χ0n) is 13.2. The van der Waals surface area contributed by atoms with E-state index >= 15 is 0 Å². The van der Waals surface area contributed by atoms with E-state index in [0.29, 0.717) is 22.7 Å². The third-order valence-electron chi connectivity index (χ3n) is 4.27. The minimum absolute atomic E-state index is 0.180. The maximum atomic E-state index is 12.4. The summed E-state index contributed by atoms with van der Waals surface area (Å²) in [6.07, 6.45) is -0.516. The van der Waals surface area contributed by atoms with E-state index in [2.05, 4.69) is 16.0 Å². The molecular formula is C18H17N3O3. The molecule has 0 radical (unpaired) electrons. The molecule has 2 amide bonds. The third-order valence-corrected chi connectivity index (χ3v) is 4.27. The SMILES string of the molecule is CC1Oc2ccc(NC(=O)c3ccc4c(c3)CNC4)cc2NC1=O. The Hall–Kier alpha value is -2.86. The molecule has 1 atom stereocenters. The van der Waals surface area contributed by atoms with Crippen LogP contribution in [0.1, 0.15) is 28.4 Å². The van der Waals surface area contributed by atoms with E-state index in [9.17, 15) is 9.59 Å². The second-order valence-corrected chi connectivity index (χ2v) is 6.00. The molecule has 0 bridgehead atoms. The summed E-state index contributed by atoms with van der Waals surface area (Å²) in [6, 6.07) is 10.9. The monoisotopic (exact) mass is 323 g/mol. The highest BCUT2D eigenvalue weighted by atomic mass is 16.5. The summed E-state index contributed by atoms with van der Waals surface area (Å²) < 4.78 is 5.51. The average Bonchev–Trinajstić information content (AvgIpc) is 3.03. The first-order valence-electron chi connectivity index (χ1n) is 7.85. The summed E-state index contributed by atoms with van der Waals surface area (Å²) in [5.74, 6) is 0.224. The highest BCUT2D eigenvalue weighted by Crippen LogP contribution is 2.32. The molecule has 4 rings (SSSR count). The smallest absolute Gasteiger partial charge is 0.265 e. The van der Waals surface area contributed by atoms with Gasteiger partial charge in [0.2, 0.25) is 0 Å². The van der Waals surface area contributed by atoms with E-state index < -0.39 is 6.10 Å². The van der Waals surface area contributed by atoms with Crippen molar-refractivity contribution in [1.29, 1.82) is 0 Å². The molecular weight excluding hydrogens is 306 g/mol. The summed E-state index contributed by atoms with van der Waals surface area (Å²) in [7, 11) is 0. The molecule has 122 valence electrons. The van der Waals surface area contributed by atoms with Gasteiger partial charge < -0.3 is 20.7 Å². The van der Waals surface area contributed by atoms with Crippen molar-refractivity contribution in [3.8, 4) is 5.75 Å². The summed E-state index contributed by atoms with van der Waals surface area (Å²) in [5, 5.41) is 8.89. The molecule has 2 aromatic rings. The van der Waals surface area contributed by atoms with Crippen LogP contribution >= 0.6 is 0 Å². The van der Waals surface area contributed by atoms with Gasteiger partial charge in [-0.15, -0.1) is 0 Å². The normalized spacial score (nSPS) is 18.2. The minimum atomic E-state index is -0.516. The van der Waals surface area contributed by atoms with Crippen molar-refractivity contribution in [1.82, 2.24) is 5.32 Å². The second kappa shape index (κ2) is 5.65. The van der Waals surface area contributed by atoms with Gasteiger partial charge in [0, 0.05) is 24.3 Å². The molecule has 2 aromatic carbocycles. The van der Waals surface area contributed by atoms with Gasteiger partial charge in [-0.05, 0) is 48.4 Å². The van der Waals surface area contributed by atoms with Crippen molar-refractivity contribution in [3.63, 3.8) is 0 Å². The Morgan fingerprint density at radius 1 is 1.17 bits per heavy atom. The van der Waals surface area contributed by atoms with E-state index in [1.807, 2.05) is 18.2 Å². The van der Waals surface area contributed by atoms with Gasteiger partial charge in [-0.2, -0.15) is 0 Å². The number of fused-ring (bicyclic) bond motifs is 2. The van der Waals surface area contributed by atoms with E-state index in [0.717, 1.165) is 18.7 Å². The standard InChI is InChI=1S/C18H17N3O3/c1-10-17(22)21-15-7-14(4-5-16(15)24-10)20-18(23)11-2-3-12-8-19-9-13(12)6-11/h2-7,10,19H,8-9H2,1H3,(H,20,23)(H,21,22). The number of nitrogens with one attached hydrogen (secondary N) is 3. The van der Waals surface area contributed by atoms with Crippen LogP contribution in [0.3, 0.4) is 0 Å². The van der Waals surface area contributed by atoms with Gasteiger partial charge in [0.05, 0.1) is 5.69 Å². The van der Waals surface area contributed by atoms with Crippen molar-refractivity contribution in [3.05, 3.63) is 53.1 Å². The second-order valence-electron chi connectivity index (χ2n) is 6.00. The van der Waals surface area contributed by atoms with Crippen molar-refractivity contribution in [2.45, 2.75) is 26.1 Å². The first-order valence-corrected chi connectivity index (χ1v) is 7.85. The van der Waals surface area contributed by atoms with Gasteiger partial charge in [0.25, 0.3) is 11.8 Å². The number of ether oxygens (including phenoxy) is 1. The van der Waals surface area contributed by atoms with Crippen molar-refractivity contribution in [2.75, 3.05) is 10.6 Å². The number of carbonyl (C=O) groups excluding carboxylic acids is 2. The van der Waals surface area contributed by atoms with Crippen LogP contribution in [0.2, 0.25) is 0 Å². The van der Waals surface area contributed by atoms with Crippen LogP contribution < -0.4 is 20.7 Å². The molecule has 0 spiro atoms. The molecule has 3 N–H and O–H groups in total. The Morgan fingerprint density at radius 3 is 2.88 bits per heavy atom. The molecule has 2 aliphatic heterocycles. The summed E-state index contributed by atoms with van der Waals surface area (Å²) in [4.78, 5) is 24.1. The number of carbonyl (C=O) groups is 2. The lowest BCUT2D eigenvalue weighted by molar-refractivity contribution is -0.122. The van der Waals surface area contributed by atoms with E-state index in [1.165, 1.54) is 5.56 Å². The van der Waals surface area contributed by atoms with Crippen LogP contribution in [0, 0.1) is 0 Å². The predicted octanol–water partition coefficient (Wildman–Crippen LogP) is 2.26. The third kappa shape index (κ3) is 2.61. The maximum absolute atomic E-state index is 12.4. The topological polar surface area (TPSA) is 79.5 Å². The molecule has 0 fully saturated rings. The first-order chi connectivity index (χ1) is 11.6. The van der Waals surface area contributed by atoms with E-state index in [4.69, 9.17) is 4.74 Å². The van der Waals surface area contributed by atoms with Gasteiger partial charge >= 0.3 is 0 Å². The molecule has 1 unspecified atom stereocenters. The highest BCUT2D eigenvalue weighted by Gasteiger charge is 2.23. The molecule has 6 nitrogen and oxygen atoms in total. The molecule has 2 heterocycles. The molecule has 24 heavy (non-hydrogen) atoms. The summed E-state index contributed by atoms with van der Waals surface area (Å²) >= 11 is 0. The fourth-order valence-electron chi connectivity index (χ4n) is 2.93. The van der Waals surface area contributed by atoms with Crippen molar-refractivity contribution < 1.29 is 14.3 Å². The van der Waals surface area contributed by atoms with Gasteiger partial charge in [0.1, 0.15) is 5.75 Å². The Bertz CT molecular complexity index is 847. The van der Waals surface area contributed by atoms with Crippen LogP contribution in [0.25, 0.3) is 0 Å². The van der Waals surface area contributed by atoms with Crippen LogP contribution in [0.4, 0.5) is 11.4 Å². The van der Waals surface area contributed by atoms with Gasteiger partial charge in [-0.3, -0.25) is 9.59 Å². The fourth-order valence-corrected chi connectivity index (χ4v) is 2.93. The fraction of sp³-hybridized carbons (Fsp3) is 0.222. The molecule has 0 aliphatic carbocycles. The first kappa shape index (κ1) is 14.7. The van der Waals surface area contributed by atoms with Crippen molar-refractivity contribution in [2.24, 2.45) is 0 Å². The summed E-state index contributed by atoms with van der Waals surface area (Å²) in [6.45, 7) is 3.33. The van der Waals surface area contributed by atoms with Crippen LogP contribution in [-0.4, -0.2) is 17.9 Å². The average molecular weight is 323 g/mol. The van der Waals surface area contributed by atoms with Gasteiger partial charge in [-0.1, -0.05) is 6.07 Å². The Labute approximate surface area is 139 Å². The number of anilines is 2. The van der Waals surface area contributed by atoms with E-state index in [-0.39, 0.29) is 11.8 Å². The molecule has 0 aromatic heterocycles. The van der Waals surface area contributed by atoms with E-state index in [1.54, 1.807) is 25.1 Å². The largest absolute Gasteiger partial charge is 0.479 e. The lowest BCUT2D eigenvalue weighted by atomic mass is 10.1. The van der Waals surface area contributed by atoms with Crippen LogP contribution in [0.15, 0.2) is 36.4 Å². The molecule has 6 heteroatoms. The number of hydrogen-bond donors (Lipinski definition) is 3. The van der Waals surface area contributed by atoms with Crippen LogP contribution in [0.5, 0.6) is 5.75 Å². The predicted molar refractivity (Wildman–Crippen MR) is 90.1 cm³/mol. The van der Waals surface area contributed by atoms with Gasteiger partial charge in [-0.25, -0.2) is 0 Å². The molecule has 2 aliphatic rings. The Balaban J connectivity index is 1.54.